The Balaban J connectivity index is 1.57. The largest absolute Gasteiger partial charge is 0.501 e. The predicted molar refractivity (Wildman–Crippen MR) is 132 cm³/mol. The van der Waals surface area contributed by atoms with Crippen LogP contribution < -0.4 is 16.2 Å². The van der Waals surface area contributed by atoms with Crippen molar-refractivity contribution in [3.63, 3.8) is 0 Å². The van der Waals surface area contributed by atoms with E-state index in [0.717, 1.165) is 6.42 Å². The summed E-state index contributed by atoms with van der Waals surface area (Å²) in [6.45, 7) is 4.70. The smallest absolute Gasteiger partial charge is 0.311 e. The molecule has 1 saturated carbocycles. The Morgan fingerprint density at radius 1 is 1.22 bits per heavy atom. The van der Waals surface area contributed by atoms with Crippen LogP contribution in [0, 0.1) is 17.7 Å². The summed E-state index contributed by atoms with van der Waals surface area (Å²) in [5.41, 5.74) is -0.482. The van der Waals surface area contributed by atoms with Gasteiger partial charge in [0, 0.05) is 38.6 Å². The summed E-state index contributed by atoms with van der Waals surface area (Å²) in [4.78, 5) is 57.0. The molecule has 1 aromatic carbocycles. The first-order chi connectivity index (χ1) is 17.5. The van der Waals surface area contributed by atoms with Gasteiger partial charge in [0.25, 0.3) is 11.5 Å². The standard InChI is InChI=1S/C26H32FN5O5/c1-14(2)12-31(3)26(37)24(35)29-19-10-16-6-9-18(19)22-30-20(21(33)25(36)32(22)13-16)23(34)28-11-15-4-7-17(27)8-5-15/h4-5,7-8,14,16,18-19,33H,6,9-13H2,1-3H3,(H,28,34)(H,29,35). The Kier molecular flexibility index (Phi) is 7.60. The number of carbonyl (C=O) groups is 3. The van der Waals surface area contributed by atoms with E-state index in [-0.39, 0.29) is 18.4 Å². The molecule has 3 heterocycles. The van der Waals surface area contributed by atoms with E-state index in [1.54, 1.807) is 7.05 Å². The number of halogens is 1. The normalized spacial score (nSPS) is 20.2. The molecular weight excluding hydrogens is 481 g/mol. The van der Waals surface area contributed by atoms with E-state index in [1.807, 2.05) is 13.8 Å². The Hall–Kier alpha value is -3.76. The number of rotatable bonds is 6. The van der Waals surface area contributed by atoms with E-state index in [2.05, 4.69) is 15.6 Å². The fraction of sp³-hybridized carbons (Fsp3) is 0.500. The molecule has 10 nitrogen and oxygen atoms in total. The van der Waals surface area contributed by atoms with Crippen molar-refractivity contribution in [1.29, 1.82) is 0 Å². The average molecular weight is 514 g/mol. The lowest BCUT2D eigenvalue weighted by Gasteiger charge is -2.32. The van der Waals surface area contributed by atoms with Gasteiger partial charge in [-0.05, 0) is 48.8 Å². The van der Waals surface area contributed by atoms with Gasteiger partial charge in [-0.1, -0.05) is 26.0 Å². The molecular formula is C26H32FN5O5. The molecule has 2 aliphatic heterocycles. The third-order valence-electron chi connectivity index (χ3n) is 6.98. The highest BCUT2D eigenvalue weighted by Gasteiger charge is 2.41. The molecule has 0 saturated heterocycles. The van der Waals surface area contributed by atoms with Crippen molar-refractivity contribution >= 4 is 17.7 Å². The van der Waals surface area contributed by atoms with Crippen LogP contribution in [-0.2, 0) is 22.7 Å². The van der Waals surface area contributed by atoms with Crippen LogP contribution in [0.2, 0.25) is 0 Å². The molecule has 3 atom stereocenters. The molecule has 5 rings (SSSR count). The number of hydrogen-bond acceptors (Lipinski definition) is 6. The van der Waals surface area contributed by atoms with E-state index < -0.39 is 52.5 Å². The maximum Gasteiger partial charge on any atom is 0.311 e. The van der Waals surface area contributed by atoms with E-state index in [0.29, 0.717) is 37.3 Å². The van der Waals surface area contributed by atoms with Crippen LogP contribution in [0.15, 0.2) is 29.1 Å². The highest BCUT2D eigenvalue weighted by Crippen LogP contribution is 2.39. The molecule has 1 aromatic heterocycles. The minimum absolute atomic E-state index is 0.0448. The van der Waals surface area contributed by atoms with Crippen molar-refractivity contribution in [2.75, 3.05) is 13.6 Å². The second-order valence-electron chi connectivity index (χ2n) is 10.3. The zero-order chi connectivity index (χ0) is 26.9. The van der Waals surface area contributed by atoms with Crippen LogP contribution in [-0.4, -0.2) is 56.9 Å². The van der Waals surface area contributed by atoms with Crippen molar-refractivity contribution in [3.8, 4) is 5.75 Å². The maximum absolute atomic E-state index is 13.1. The highest BCUT2D eigenvalue weighted by molar-refractivity contribution is 6.35. The van der Waals surface area contributed by atoms with Crippen LogP contribution in [0.4, 0.5) is 4.39 Å². The first-order valence-corrected chi connectivity index (χ1v) is 12.5. The van der Waals surface area contributed by atoms with E-state index in [1.165, 1.54) is 33.7 Å². The molecule has 0 radical (unpaired) electrons. The van der Waals surface area contributed by atoms with Gasteiger partial charge in [0.2, 0.25) is 5.75 Å². The van der Waals surface area contributed by atoms with E-state index >= 15 is 0 Å². The lowest BCUT2D eigenvalue weighted by molar-refractivity contribution is -0.145. The van der Waals surface area contributed by atoms with Crippen molar-refractivity contribution in [1.82, 2.24) is 25.1 Å². The van der Waals surface area contributed by atoms with Gasteiger partial charge in [-0.3, -0.25) is 23.7 Å². The fourth-order valence-electron chi connectivity index (χ4n) is 5.23. The predicted octanol–water partition coefficient (Wildman–Crippen LogP) is 1.51. The van der Waals surface area contributed by atoms with Gasteiger partial charge in [0.15, 0.2) is 5.69 Å². The molecule has 3 amide bonds. The quantitative estimate of drug-likeness (QED) is 0.502. The summed E-state index contributed by atoms with van der Waals surface area (Å²) in [6.07, 6.45) is 1.95. The molecule has 2 aromatic rings. The molecule has 2 bridgehead atoms. The molecule has 3 N–H and O–H groups in total. The number of nitrogens with zero attached hydrogens (tertiary/aromatic N) is 3. The topological polar surface area (TPSA) is 134 Å². The number of fused-ring (bicyclic) bond motifs is 2. The second kappa shape index (κ2) is 10.7. The summed E-state index contributed by atoms with van der Waals surface area (Å²) in [6, 6.07) is 5.12. The van der Waals surface area contributed by atoms with Gasteiger partial charge in [-0.15, -0.1) is 0 Å². The van der Waals surface area contributed by atoms with Gasteiger partial charge in [0.05, 0.1) is 0 Å². The monoisotopic (exact) mass is 513 g/mol. The molecule has 3 aliphatic rings. The van der Waals surface area contributed by atoms with Crippen LogP contribution in [0.5, 0.6) is 5.75 Å². The summed E-state index contributed by atoms with van der Waals surface area (Å²) in [7, 11) is 1.58. The van der Waals surface area contributed by atoms with Crippen LogP contribution in [0.1, 0.15) is 60.9 Å². The van der Waals surface area contributed by atoms with Gasteiger partial charge >= 0.3 is 11.8 Å². The number of likely N-dealkylation sites (N-methyl/N-ethyl adjacent to an activating group) is 1. The minimum atomic E-state index is -0.743. The van der Waals surface area contributed by atoms with Gasteiger partial charge < -0.3 is 20.6 Å². The summed E-state index contributed by atoms with van der Waals surface area (Å²) in [5.74, 6) is -3.08. The van der Waals surface area contributed by atoms with E-state index in [4.69, 9.17) is 0 Å². The summed E-state index contributed by atoms with van der Waals surface area (Å²) in [5, 5.41) is 16.0. The Labute approximate surface area is 213 Å². The second-order valence-corrected chi connectivity index (χ2v) is 10.3. The zero-order valence-corrected chi connectivity index (χ0v) is 21.2. The van der Waals surface area contributed by atoms with Crippen molar-refractivity contribution in [2.45, 2.75) is 58.2 Å². The number of amides is 3. The molecule has 198 valence electrons. The SMILES string of the molecule is CC(C)CN(C)C(=O)C(=O)NC1CC2CCC1c1nc(C(=O)NCc3ccc(F)cc3)c(O)c(=O)n1C2. The molecule has 1 fully saturated rings. The van der Waals surface area contributed by atoms with Gasteiger partial charge in [0.1, 0.15) is 11.6 Å². The van der Waals surface area contributed by atoms with E-state index in [9.17, 15) is 28.7 Å². The number of aromatic hydroxyl groups is 1. The van der Waals surface area contributed by atoms with Gasteiger partial charge in [-0.2, -0.15) is 0 Å². The number of hydrogen-bond donors (Lipinski definition) is 3. The lowest BCUT2D eigenvalue weighted by atomic mass is 9.79. The number of nitrogens with one attached hydrogen (secondary N) is 2. The third-order valence-corrected chi connectivity index (χ3v) is 6.98. The van der Waals surface area contributed by atoms with Crippen LogP contribution in [0.25, 0.3) is 0 Å². The summed E-state index contributed by atoms with van der Waals surface area (Å²) < 4.78 is 14.5. The third kappa shape index (κ3) is 5.65. The first kappa shape index (κ1) is 26.3. The molecule has 3 unspecified atom stereocenters. The minimum Gasteiger partial charge on any atom is -0.501 e. The maximum atomic E-state index is 13.1. The molecule has 37 heavy (non-hydrogen) atoms. The van der Waals surface area contributed by atoms with Crippen LogP contribution >= 0.6 is 0 Å². The average Bonchev–Trinajstić information content (AvgIpc) is 3.12. The summed E-state index contributed by atoms with van der Waals surface area (Å²) >= 11 is 0. The number of aromatic nitrogens is 2. The first-order valence-electron chi connectivity index (χ1n) is 12.5. The molecule has 1 aliphatic carbocycles. The number of benzene rings is 1. The number of carbonyl (C=O) groups excluding carboxylic acids is 3. The molecule has 11 heteroatoms. The highest BCUT2D eigenvalue weighted by atomic mass is 19.1. The van der Waals surface area contributed by atoms with Crippen molar-refractivity contribution in [3.05, 3.63) is 57.5 Å². The zero-order valence-electron chi connectivity index (χ0n) is 21.2. The fourth-order valence-corrected chi connectivity index (χ4v) is 5.23. The van der Waals surface area contributed by atoms with Crippen molar-refractivity contribution in [2.24, 2.45) is 11.8 Å². The Morgan fingerprint density at radius 2 is 1.92 bits per heavy atom. The van der Waals surface area contributed by atoms with Gasteiger partial charge in [-0.25, -0.2) is 9.37 Å². The van der Waals surface area contributed by atoms with Crippen molar-refractivity contribution < 1.29 is 23.9 Å². The Morgan fingerprint density at radius 3 is 2.59 bits per heavy atom. The Bertz CT molecular complexity index is 1260. The van der Waals surface area contributed by atoms with Crippen LogP contribution in [0.3, 0.4) is 0 Å². The molecule has 0 spiro atoms. The lowest BCUT2D eigenvalue weighted by Crippen LogP contribution is -2.49.